The van der Waals surface area contributed by atoms with Crippen molar-refractivity contribution < 1.29 is 18.7 Å². The van der Waals surface area contributed by atoms with E-state index in [1.54, 1.807) is 30.5 Å². The van der Waals surface area contributed by atoms with E-state index in [4.69, 9.17) is 9.47 Å². The minimum absolute atomic E-state index is 0.0853. The molecule has 2 rings (SSSR count). The quantitative estimate of drug-likeness (QED) is 0.685. The predicted octanol–water partition coefficient (Wildman–Crippen LogP) is 5.57. The first-order chi connectivity index (χ1) is 12.5. The van der Waals surface area contributed by atoms with Crippen molar-refractivity contribution in [3.8, 4) is 11.5 Å². The van der Waals surface area contributed by atoms with Gasteiger partial charge in [-0.2, -0.15) is 0 Å². The van der Waals surface area contributed by atoms with Crippen LogP contribution in [0.2, 0.25) is 0 Å². The number of benzene rings is 2. The van der Waals surface area contributed by atoms with Crippen LogP contribution in [-0.2, 0) is 13.0 Å². The van der Waals surface area contributed by atoms with Crippen molar-refractivity contribution in [2.24, 2.45) is 0 Å². The van der Waals surface area contributed by atoms with Gasteiger partial charge in [-0.1, -0.05) is 24.8 Å². The van der Waals surface area contributed by atoms with Gasteiger partial charge in [0.2, 0.25) is 0 Å². The van der Waals surface area contributed by atoms with Crippen molar-refractivity contribution in [3.63, 3.8) is 0 Å². The molecule has 0 atom stereocenters. The minimum Gasteiger partial charge on any atom is -0.493 e. The lowest BCUT2D eigenvalue weighted by Gasteiger charge is -2.17. The molecule has 0 saturated heterocycles. The van der Waals surface area contributed by atoms with Crippen molar-refractivity contribution >= 4 is 22.7 Å². The summed E-state index contributed by atoms with van der Waals surface area (Å²) in [4.78, 5) is 11.8. The van der Waals surface area contributed by atoms with Crippen LogP contribution in [0.15, 0.2) is 30.3 Å². The third-order valence-corrected chi connectivity index (χ3v) is 4.47. The van der Waals surface area contributed by atoms with Gasteiger partial charge in [0.25, 0.3) is 5.24 Å². The van der Waals surface area contributed by atoms with Gasteiger partial charge in [0.15, 0.2) is 11.6 Å². The number of hydrogen-bond acceptors (Lipinski definition) is 4. The fourth-order valence-corrected chi connectivity index (χ4v) is 2.83. The summed E-state index contributed by atoms with van der Waals surface area (Å²) >= 11 is 1.08. The SMILES string of the molecule is CCOc1cccc(NC(=O)SC)c1COc1cc(C)c(CC)cc1F. The maximum Gasteiger partial charge on any atom is 0.283 e. The van der Waals surface area contributed by atoms with Gasteiger partial charge in [0, 0.05) is 0 Å². The van der Waals surface area contributed by atoms with Gasteiger partial charge < -0.3 is 14.8 Å². The number of rotatable bonds is 7. The highest BCUT2D eigenvalue weighted by atomic mass is 32.2. The van der Waals surface area contributed by atoms with Gasteiger partial charge in [-0.15, -0.1) is 0 Å². The molecule has 2 aromatic rings. The Morgan fingerprint density at radius 3 is 2.62 bits per heavy atom. The second-order valence-electron chi connectivity index (χ2n) is 5.68. The molecule has 0 bridgehead atoms. The molecule has 0 fully saturated rings. The number of carbonyl (C=O) groups is 1. The number of nitrogens with one attached hydrogen (secondary N) is 1. The number of aryl methyl sites for hydroxylation is 2. The molecule has 0 radical (unpaired) electrons. The molecule has 0 saturated carbocycles. The standard InChI is InChI=1S/C20H24FNO3S/c1-5-14-11-16(21)19(10-13(14)3)25-12-15-17(22-20(23)26-4)8-7-9-18(15)24-6-2/h7-11H,5-6,12H2,1-4H3,(H,22,23). The van der Waals surface area contributed by atoms with E-state index in [9.17, 15) is 9.18 Å². The predicted molar refractivity (Wildman–Crippen MR) is 105 cm³/mol. The fraction of sp³-hybridized carbons (Fsp3) is 0.350. The number of ether oxygens (including phenoxy) is 2. The van der Waals surface area contributed by atoms with Crippen LogP contribution in [-0.4, -0.2) is 18.1 Å². The molecule has 0 aliphatic rings. The molecule has 0 aliphatic carbocycles. The van der Waals surface area contributed by atoms with Crippen LogP contribution in [0.4, 0.5) is 14.9 Å². The molecule has 140 valence electrons. The van der Waals surface area contributed by atoms with Gasteiger partial charge in [-0.25, -0.2) is 4.39 Å². The van der Waals surface area contributed by atoms with E-state index >= 15 is 0 Å². The maximum atomic E-state index is 14.3. The second-order valence-corrected chi connectivity index (χ2v) is 6.46. The Morgan fingerprint density at radius 2 is 1.96 bits per heavy atom. The van der Waals surface area contributed by atoms with E-state index in [2.05, 4.69) is 5.32 Å². The van der Waals surface area contributed by atoms with Crippen molar-refractivity contribution in [3.05, 3.63) is 52.8 Å². The summed E-state index contributed by atoms with van der Waals surface area (Å²) in [5.41, 5.74) is 3.21. The average Bonchev–Trinajstić information content (AvgIpc) is 2.63. The molecule has 1 amide bonds. The molecule has 0 spiro atoms. The minimum atomic E-state index is -0.393. The molecule has 0 aromatic heterocycles. The number of halogens is 1. The number of carbonyl (C=O) groups excluding carboxylic acids is 1. The average molecular weight is 377 g/mol. The Morgan fingerprint density at radius 1 is 1.19 bits per heavy atom. The van der Waals surface area contributed by atoms with Crippen molar-refractivity contribution in [2.45, 2.75) is 33.8 Å². The van der Waals surface area contributed by atoms with Gasteiger partial charge in [-0.05, 0) is 61.9 Å². The van der Waals surface area contributed by atoms with E-state index in [0.717, 1.165) is 29.3 Å². The topological polar surface area (TPSA) is 47.6 Å². The first kappa shape index (κ1) is 20.1. The molecule has 0 heterocycles. The summed E-state index contributed by atoms with van der Waals surface area (Å²) in [6.45, 7) is 6.36. The van der Waals surface area contributed by atoms with Crippen LogP contribution in [0.5, 0.6) is 11.5 Å². The molecule has 26 heavy (non-hydrogen) atoms. The zero-order valence-electron chi connectivity index (χ0n) is 15.5. The molecule has 2 aromatic carbocycles. The number of amides is 1. The largest absolute Gasteiger partial charge is 0.493 e. The van der Waals surface area contributed by atoms with E-state index < -0.39 is 5.82 Å². The zero-order chi connectivity index (χ0) is 19.1. The number of hydrogen-bond donors (Lipinski definition) is 1. The molecule has 0 unspecified atom stereocenters. The summed E-state index contributed by atoms with van der Waals surface area (Å²) in [7, 11) is 0. The van der Waals surface area contributed by atoms with E-state index in [0.29, 0.717) is 23.6 Å². The first-order valence-corrected chi connectivity index (χ1v) is 9.74. The third-order valence-electron chi connectivity index (χ3n) is 4.00. The van der Waals surface area contributed by atoms with Crippen molar-refractivity contribution in [2.75, 3.05) is 18.2 Å². The third kappa shape index (κ3) is 4.91. The zero-order valence-corrected chi connectivity index (χ0v) is 16.3. The highest BCUT2D eigenvalue weighted by Crippen LogP contribution is 2.30. The van der Waals surface area contributed by atoms with Crippen molar-refractivity contribution in [1.82, 2.24) is 0 Å². The van der Waals surface area contributed by atoms with E-state index in [-0.39, 0.29) is 17.6 Å². The molecule has 0 aliphatic heterocycles. The van der Waals surface area contributed by atoms with Crippen LogP contribution in [0.1, 0.15) is 30.5 Å². The molecule has 1 N–H and O–H groups in total. The monoisotopic (exact) mass is 377 g/mol. The van der Waals surface area contributed by atoms with Crippen LogP contribution in [0.3, 0.4) is 0 Å². The maximum absolute atomic E-state index is 14.3. The molecular weight excluding hydrogens is 353 g/mol. The number of anilines is 1. The highest BCUT2D eigenvalue weighted by Gasteiger charge is 2.14. The van der Waals surface area contributed by atoms with E-state index in [1.807, 2.05) is 20.8 Å². The lowest BCUT2D eigenvalue weighted by Crippen LogP contribution is -2.10. The summed E-state index contributed by atoms with van der Waals surface area (Å²) in [5.74, 6) is 0.401. The lowest BCUT2D eigenvalue weighted by atomic mass is 10.1. The number of thioether (sulfide) groups is 1. The van der Waals surface area contributed by atoms with Gasteiger partial charge in [0.1, 0.15) is 12.4 Å². The van der Waals surface area contributed by atoms with Gasteiger partial charge in [0.05, 0.1) is 17.9 Å². The first-order valence-electron chi connectivity index (χ1n) is 8.51. The Bertz CT molecular complexity index is 780. The Hall–Kier alpha value is -2.21. The Balaban J connectivity index is 2.30. The second kappa shape index (κ2) is 9.48. The van der Waals surface area contributed by atoms with Crippen LogP contribution < -0.4 is 14.8 Å². The van der Waals surface area contributed by atoms with Gasteiger partial charge >= 0.3 is 0 Å². The smallest absolute Gasteiger partial charge is 0.283 e. The Labute approximate surface area is 158 Å². The Kier molecular flexibility index (Phi) is 7.33. The van der Waals surface area contributed by atoms with Gasteiger partial charge in [-0.3, -0.25) is 4.79 Å². The summed E-state index contributed by atoms with van der Waals surface area (Å²) in [6.07, 6.45) is 2.46. The fourth-order valence-electron chi connectivity index (χ4n) is 2.62. The molecule has 6 heteroatoms. The summed E-state index contributed by atoms with van der Waals surface area (Å²) in [5, 5.41) is 2.62. The molecular formula is C20H24FNO3S. The van der Waals surface area contributed by atoms with E-state index in [1.165, 1.54) is 6.07 Å². The van der Waals surface area contributed by atoms with Crippen LogP contribution in [0, 0.1) is 12.7 Å². The van der Waals surface area contributed by atoms with Crippen LogP contribution >= 0.6 is 11.8 Å². The van der Waals surface area contributed by atoms with Crippen LogP contribution in [0.25, 0.3) is 0 Å². The molecule has 4 nitrogen and oxygen atoms in total. The highest BCUT2D eigenvalue weighted by molar-refractivity contribution is 8.13. The normalized spacial score (nSPS) is 10.5. The lowest BCUT2D eigenvalue weighted by molar-refractivity contribution is 0.269. The summed E-state index contributed by atoms with van der Waals surface area (Å²) in [6, 6.07) is 8.59. The van der Waals surface area contributed by atoms with Crippen molar-refractivity contribution in [1.29, 1.82) is 0 Å². The summed E-state index contributed by atoms with van der Waals surface area (Å²) < 4.78 is 25.7.